The second kappa shape index (κ2) is 7.40. The number of hydrogen-bond donors (Lipinski definition) is 2. The summed E-state index contributed by atoms with van der Waals surface area (Å²) in [5.74, 6) is -6.11. The van der Waals surface area contributed by atoms with E-state index in [4.69, 9.17) is 5.73 Å². The van der Waals surface area contributed by atoms with Crippen LogP contribution in [-0.4, -0.2) is 27.8 Å². The molecule has 9 heteroatoms. The molecule has 6 nitrogen and oxygen atoms in total. The second-order valence-corrected chi connectivity index (χ2v) is 5.73. The third-order valence-corrected chi connectivity index (χ3v) is 3.79. The Labute approximate surface area is 151 Å². The Hall–Kier alpha value is -3.49. The van der Waals surface area contributed by atoms with E-state index in [0.29, 0.717) is 28.9 Å². The van der Waals surface area contributed by atoms with E-state index in [-0.39, 0.29) is 6.42 Å². The number of primary amides is 1. The highest BCUT2D eigenvalue weighted by Crippen LogP contribution is 2.15. The lowest BCUT2D eigenvalue weighted by Gasteiger charge is -2.16. The number of nitrogens with one attached hydrogen (secondary N) is 1. The normalized spacial score (nSPS) is 12.0. The first-order valence-corrected chi connectivity index (χ1v) is 7.80. The van der Waals surface area contributed by atoms with E-state index in [1.165, 1.54) is 6.20 Å². The summed E-state index contributed by atoms with van der Waals surface area (Å²) in [5.41, 5.74) is 5.82. The molecule has 0 saturated heterocycles. The first-order valence-electron chi connectivity index (χ1n) is 7.80. The molecule has 2 amide bonds. The number of halogens is 3. The van der Waals surface area contributed by atoms with Gasteiger partial charge in [-0.2, -0.15) is 0 Å². The van der Waals surface area contributed by atoms with Gasteiger partial charge in [0.1, 0.15) is 29.1 Å². The van der Waals surface area contributed by atoms with Gasteiger partial charge in [0.2, 0.25) is 5.91 Å². The minimum atomic E-state index is -1.39. The largest absolute Gasteiger partial charge is 0.368 e. The number of fused-ring (bicyclic) bond motifs is 1. The molecule has 0 aliphatic heterocycles. The lowest BCUT2D eigenvalue weighted by molar-refractivity contribution is -0.119. The van der Waals surface area contributed by atoms with Crippen LogP contribution in [0.4, 0.5) is 13.2 Å². The topological polar surface area (TPSA) is 98.0 Å². The van der Waals surface area contributed by atoms with Crippen molar-refractivity contribution in [3.8, 4) is 0 Å². The van der Waals surface area contributed by atoms with Gasteiger partial charge in [-0.15, -0.1) is 0 Å². The van der Waals surface area contributed by atoms with Crippen LogP contribution >= 0.6 is 0 Å². The van der Waals surface area contributed by atoms with E-state index in [0.717, 1.165) is 0 Å². The number of amides is 2. The van der Waals surface area contributed by atoms with E-state index in [9.17, 15) is 22.8 Å². The summed E-state index contributed by atoms with van der Waals surface area (Å²) in [7, 11) is 0. The summed E-state index contributed by atoms with van der Waals surface area (Å²) in [6.07, 6.45) is 1.27. The van der Waals surface area contributed by atoms with Crippen LogP contribution in [-0.2, 0) is 11.2 Å². The number of hydrogen-bond acceptors (Lipinski definition) is 4. The summed E-state index contributed by atoms with van der Waals surface area (Å²) < 4.78 is 40.4. The van der Waals surface area contributed by atoms with Crippen molar-refractivity contribution >= 4 is 22.8 Å². The molecule has 0 unspecified atom stereocenters. The van der Waals surface area contributed by atoms with E-state index >= 15 is 0 Å². The number of benzene rings is 2. The summed E-state index contributed by atoms with van der Waals surface area (Å²) >= 11 is 0. The predicted molar refractivity (Wildman–Crippen MR) is 90.0 cm³/mol. The average Bonchev–Trinajstić information content (AvgIpc) is 2.60. The SMILES string of the molecule is NC(=O)[C@H](Cc1cnc2ccccc2n1)NC(=O)c1c(F)cc(F)cc1F. The van der Waals surface area contributed by atoms with Crippen molar-refractivity contribution in [3.05, 3.63) is 71.3 Å². The van der Waals surface area contributed by atoms with Gasteiger partial charge in [-0.1, -0.05) is 12.1 Å². The Kier molecular flexibility index (Phi) is 5.02. The molecule has 138 valence electrons. The van der Waals surface area contributed by atoms with Crippen molar-refractivity contribution in [2.24, 2.45) is 5.73 Å². The van der Waals surface area contributed by atoms with Gasteiger partial charge in [-0.05, 0) is 12.1 Å². The molecule has 0 aliphatic carbocycles. The molecule has 0 radical (unpaired) electrons. The van der Waals surface area contributed by atoms with Crippen LogP contribution in [0.2, 0.25) is 0 Å². The zero-order valence-corrected chi connectivity index (χ0v) is 13.7. The molecule has 3 rings (SSSR count). The van der Waals surface area contributed by atoms with Crippen LogP contribution in [0.15, 0.2) is 42.6 Å². The standard InChI is InChI=1S/C18H13F3N4O2/c19-9-5-11(20)16(12(21)6-9)18(27)25-15(17(22)26)7-10-8-23-13-3-1-2-4-14(13)24-10/h1-6,8,15H,7H2,(H2,22,26)(H,25,27)/t15-/m0/s1. The smallest absolute Gasteiger partial charge is 0.257 e. The maximum Gasteiger partial charge on any atom is 0.257 e. The van der Waals surface area contributed by atoms with E-state index in [1.54, 1.807) is 24.3 Å². The number of aromatic nitrogens is 2. The average molecular weight is 374 g/mol. The van der Waals surface area contributed by atoms with Gasteiger partial charge in [0.25, 0.3) is 5.91 Å². The van der Waals surface area contributed by atoms with Crippen molar-refractivity contribution in [2.45, 2.75) is 12.5 Å². The number of nitrogens with two attached hydrogens (primary N) is 1. The maximum absolute atomic E-state index is 13.7. The monoisotopic (exact) mass is 374 g/mol. The Bertz CT molecular complexity index is 1020. The minimum absolute atomic E-state index is 0.136. The minimum Gasteiger partial charge on any atom is -0.368 e. The number of para-hydroxylation sites is 2. The van der Waals surface area contributed by atoms with E-state index in [1.807, 2.05) is 0 Å². The molecular weight excluding hydrogens is 361 g/mol. The summed E-state index contributed by atoms with van der Waals surface area (Å²) in [4.78, 5) is 32.3. The van der Waals surface area contributed by atoms with Crippen LogP contribution in [0.3, 0.4) is 0 Å². The van der Waals surface area contributed by atoms with Crippen molar-refractivity contribution in [1.82, 2.24) is 15.3 Å². The van der Waals surface area contributed by atoms with Crippen molar-refractivity contribution < 1.29 is 22.8 Å². The number of carbonyl (C=O) groups is 2. The molecule has 0 saturated carbocycles. The molecule has 3 aromatic rings. The molecule has 3 N–H and O–H groups in total. The zero-order valence-electron chi connectivity index (χ0n) is 13.7. The molecule has 0 aliphatic rings. The van der Waals surface area contributed by atoms with E-state index in [2.05, 4.69) is 15.3 Å². The van der Waals surface area contributed by atoms with Crippen molar-refractivity contribution in [1.29, 1.82) is 0 Å². The van der Waals surface area contributed by atoms with Gasteiger partial charge in [0, 0.05) is 24.8 Å². The van der Waals surface area contributed by atoms with Crippen LogP contribution in [0.1, 0.15) is 16.1 Å². The van der Waals surface area contributed by atoms with Crippen LogP contribution < -0.4 is 11.1 Å². The molecule has 2 aromatic carbocycles. The Morgan fingerprint density at radius 1 is 1.07 bits per heavy atom. The molecule has 0 spiro atoms. The van der Waals surface area contributed by atoms with Gasteiger partial charge in [0.15, 0.2) is 0 Å². The summed E-state index contributed by atoms with van der Waals surface area (Å²) in [6, 6.07) is 6.45. The van der Waals surface area contributed by atoms with Crippen molar-refractivity contribution in [3.63, 3.8) is 0 Å². The highest BCUT2D eigenvalue weighted by atomic mass is 19.1. The fourth-order valence-corrected chi connectivity index (χ4v) is 2.52. The fraction of sp³-hybridized carbons (Fsp3) is 0.111. The Morgan fingerprint density at radius 3 is 2.33 bits per heavy atom. The summed E-state index contributed by atoms with van der Waals surface area (Å²) in [5, 5.41) is 2.15. The van der Waals surface area contributed by atoms with Gasteiger partial charge in [-0.25, -0.2) is 18.2 Å². The third kappa shape index (κ3) is 4.02. The first-order chi connectivity index (χ1) is 12.8. The second-order valence-electron chi connectivity index (χ2n) is 5.73. The van der Waals surface area contributed by atoms with Gasteiger partial charge in [-0.3, -0.25) is 14.6 Å². The Balaban J connectivity index is 1.83. The Morgan fingerprint density at radius 2 is 1.70 bits per heavy atom. The van der Waals surface area contributed by atoms with Crippen LogP contribution in [0.5, 0.6) is 0 Å². The number of carbonyl (C=O) groups excluding carboxylic acids is 2. The third-order valence-electron chi connectivity index (χ3n) is 3.79. The van der Waals surface area contributed by atoms with Crippen molar-refractivity contribution in [2.75, 3.05) is 0 Å². The zero-order chi connectivity index (χ0) is 19.6. The molecule has 1 atom stereocenters. The first kappa shape index (κ1) is 18.3. The number of rotatable bonds is 5. The van der Waals surface area contributed by atoms with Crippen LogP contribution in [0.25, 0.3) is 11.0 Å². The van der Waals surface area contributed by atoms with Gasteiger partial charge < -0.3 is 11.1 Å². The quantitative estimate of drug-likeness (QED) is 0.712. The molecule has 1 heterocycles. The number of nitrogens with zero attached hydrogens (tertiary/aromatic N) is 2. The highest BCUT2D eigenvalue weighted by Gasteiger charge is 2.25. The predicted octanol–water partition coefficient (Wildman–Crippen LogP) is 1.87. The van der Waals surface area contributed by atoms with Gasteiger partial charge in [0.05, 0.1) is 16.7 Å². The summed E-state index contributed by atoms with van der Waals surface area (Å²) in [6.45, 7) is 0. The van der Waals surface area contributed by atoms with E-state index < -0.39 is 40.9 Å². The molecule has 1 aromatic heterocycles. The molecule has 0 fully saturated rings. The molecule has 0 bridgehead atoms. The van der Waals surface area contributed by atoms with Crippen LogP contribution in [0, 0.1) is 17.5 Å². The lowest BCUT2D eigenvalue weighted by Crippen LogP contribution is -2.46. The maximum atomic E-state index is 13.7. The molecule has 27 heavy (non-hydrogen) atoms. The molecular formula is C18H13F3N4O2. The fourth-order valence-electron chi connectivity index (χ4n) is 2.52. The van der Waals surface area contributed by atoms with Gasteiger partial charge >= 0.3 is 0 Å². The highest BCUT2D eigenvalue weighted by molar-refractivity contribution is 5.97. The lowest BCUT2D eigenvalue weighted by atomic mass is 10.1.